The van der Waals surface area contributed by atoms with E-state index in [9.17, 15) is 0 Å². The summed E-state index contributed by atoms with van der Waals surface area (Å²) in [5.74, 6) is 2.37. The predicted octanol–water partition coefficient (Wildman–Crippen LogP) is 3.55. The molecule has 1 saturated carbocycles. The third-order valence-electron chi connectivity index (χ3n) is 3.26. The Balaban J connectivity index is 1.71. The number of nitrogen functional groups attached to an aromatic ring is 1. The van der Waals surface area contributed by atoms with Crippen molar-refractivity contribution in [3.8, 4) is 17.5 Å². The second-order valence-corrected chi connectivity index (χ2v) is 5.21. The van der Waals surface area contributed by atoms with Gasteiger partial charge in [-0.2, -0.15) is 4.98 Å². The van der Waals surface area contributed by atoms with E-state index in [1.54, 1.807) is 12.1 Å². The maximum Gasteiger partial charge on any atom is 0.240 e. The van der Waals surface area contributed by atoms with Crippen molar-refractivity contribution < 1.29 is 9.47 Å². The molecule has 0 radical (unpaired) electrons. The molecule has 0 unspecified atom stereocenters. The SMILES string of the molecule is Cc1ccc(Oc2ccc(N)c(OCC3CC3)n2)cc1. The van der Waals surface area contributed by atoms with Gasteiger partial charge in [-0.25, -0.2) is 0 Å². The van der Waals surface area contributed by atoms with Crippen LogP contribution in [0.25, 0.3) is 0 Å². The van der Waals surface area contributed by atoms with Crippen LogP contribution in [-0.2, 0) is 0 Å². The van der Waals surface area contributed by atoms with Gasteiger partial charge in [-0.05, 0) is 43.9 Å². The average Bonchev–Trinajstić information content (AvgIpc) is 3.26. The third-order valence-corrected chi connectivity index (χ3v) is 3.26. The summed E-state index contributed by atoms with van der Waals surface area (Å²) in [5.41, 5.74) is 7.60. The molecule has 1 fully saturated rings. The van der Waals surface area contributed by atoms with E-state index >= 15 is 0 Å². The van der Waals surface area contributed by atoms with Gasteiger partial charge in [-0.1, -0.05) is 17.7 Å². The minimum Gasteiger partial charge on any atom is -0.476 e. The van der Waals surface area contributed by atoms with E-state index in [2.05, 4.69) is 4.98 Å². The number of benzene rings is 1. The van der Waals surface area contributed by atoms with Gasteiger partial charge in [0.05, 0.1) is 12.3 Å². The zero-order valence-corrected chi connectivity index (χ0v) is 11.5. The summed E-state index contributed by atoms with van der Waals surface area (Å²) in [6, 6.07) is 11.3. The van der Waals surface area contributed by atoms with Crippen LogP contribution in [0, 0.1) is 12.8 Å². The molecule has 20 heavy (non-hydrogen) atoms. The number of pyridine rings is 1. The fourth-order valence-electron chi connectivity index (χ4n) is 1.82. The van der Waals surface area contributed by atoms with Crippen molar-refractivity contribution >= 4 is 5.69 Å². The van der Waals surface area contributed by atoms with Crippen molar-refractivity contribution in [2.75, 3.05) is 12.3 Å². The highest BCUT2D eigenvalue weighted by Crippen LogP contribution is 2.31. The fraction of sp³-hybridized carbons (Fsp3) is 0.312. The van der Waals surface area contributed by atoms with Crippen LogP contribution in [0.5, 0.6) is 17.5 Å². The zero-order valence-electron chi connectivity index (χ0n) is 11.5. The first kappa shape index (κ1) is 12.8. The van der Waals surface area contributed by atoms with Gasteiger partial charge in [-0.15, -0.1) is 0 Å². The van der Waals surface area contributed by atoms with Crippen molar-refractivity contribution in [1.29, 1.82) is 0 Å². The normalized spacial score (nSPS) is 14.1. The van der Waals surface area contributed by atoms with E-state index in [4.69, 9.17) is 15.2 Å². The van der Waals surface area contributed by atoms with E-state index in [1.165, 1.54) is 18.4 Å². The molecular weight excluding hydrogens is 252 g/mol. The minimum absolute atomic E-state index is 0.460. The Morgan fingerprint density at radius 1 is 1.15 bits per heavy atom. The molecule has 4 nitrogen and oxygen atoms in total. The summed E-state index contributed by atoms with van der Waals surface area (Å²) in [7, 11) is 0. The lowest BCUT2D eigenvalue weighted by Crippen LogP contribution is -2.04. The van der Waals surface area contributed by atoms with E-state index in [0.29, 0.717) is 30.0 Å². The first-order valence-corrected chi connectivity index (χ1v) is 6.84. The summed E-state index contributed by atoms with van der Waals surface area (Å²) in [6.07, 6.45) is 2.47. The molecule has 0 spiro atoms. The summed E-state index contributed by atoms with van der Waals surface area (Å²) >= 11 is 0. The van der Waals surface area contributed by atoms with Crippen LogP contribution in [0.2, 0.25) is 0 Å². The first-order valence-electron chi connectivity index (χ1n) is 6.84. The smallest absolute Gasteiger partial charge is 0.240 e. The number of aromatic nitrogens is 1. The van der Waals surface area contributed by atoms with E-state index in [1.807, 2.05) is 31.2 Å². The molecule has 3 rings (SSSR count). The number of rotatable bonds is 5. The molecule has 4 heteroatoms. The Kier molecular flexibility index (Phi) is 3.46. The summed E-state index contributed by atoms with van der Waals surface area (Å²) in [5, 5.41) is 0. The molecule has 0 saturated heterocycles. The van der Waals surface area contributed by atoms with Crippen LogP contribution in [0.1, 0.15) is 18.4 Å². The van der Waals surface area contributed by atoms with E-state index < -0.39 is 0 Å². The third kappa shape index (κ3) is 3.20. The topological polar surface area (TPSA) is 57.4 Å². The van der Waals surface area contributed by atoms with Gasteiger partial charge in [0.1, 0.15) is 5.75 Å². The number of ether oxygens (including phenoxy) is 2. The maximum absolute atomic E-state index is 5.87. The molecule has 1 aliphatic rings. The lowest BCUT2D eigenvalue weighted by atomic mass is 10.2. The highest BCUT2D eigenvalue weighted by atomic mass is 16.5. The second-order valence-electron chi connectivity index (χ2n) is 5.21. The summed E-state index contributed by atoms with van der Waals surface area (Å²) < 4.78 is 11.3. The van der Waals surface area contributed by atoms with Gasteiger partial charge in [-0.3, -0.25) is 0 Å². The van der Waals surface area contributed by atoms with Crippen molar-refractivity contribution in [2.24, 2.45) is 5.92 Å². The molecule has 2 aromatic rings. The lowest BCUT2D eigenvalue weighted by molar-refractivity contribution is 0.286. The molecular formula is C16H18N2O2. The molecule has 104 valence electrons. The molecule has 0 amide bonds. The van der Waals surface area contributed by atoms with Crippen molar-refractivity contribution in [1.82, 2.24) is 4.98 Å². The molecule has 0 aliphatic heterocycles. The van der Waals surface area contributed by atoms with E-state index in [0.717, 1.165) is 5.75 Å². The minimum atomic E-state index is 0.460. The quantitative estimate of drug-likeness (QED) is 0.902. The monoisotopic (exact) mass is 270 g/mol. The second kappa shape index (κ2) is 5.41. The van der Waals surface area contributed by atoms with Gasteiger partial charge in [0.2, 0.25) is 11.8 Å². The molecule has 1 heterocycles. The highest BCUT2D eigenvalue weighted by Gasteiger charge is 2.22. The number of anilines is 1. The molecule has 1 aliphatic carbocycles. The first-order chi connectivity index (χ1) is 9.70. The Morgan fingerprint density at radius 3 is 2.60 bits per heavy atom. The summed E-state index contributed by atoms with van der Waals surface area (Å²) in [6.45, 7) is 2.72. The Hall–Kier alpha value is -2.23. The van der Waals surface area contributed by atoms with Crippen LogP contribution in [0.4, 0.5) is 5.69 Å². The molecule has 1 aromatic heterocycles. The van der Waals surface area contributed by atoms with Crippen LogP contribution >= 0.6 is 0 Å². The number of aryl methyl sites for hydroxylation is 1. The van der Waals surface area contributed by atoms with Crippen molar-refractivity contribution in [3.05, 3.63) is 42.0 Å². The van der Waals surface area contributed by atoms with Crippen LogP contribution in [-0.4, -0.2) is 11.6 Å². The number of nitrogens with zero attached hydrogens (tertiary/aromatic N) is 1. The van der Waals surface area contributed by atoms with Gasteiger partial charge in [0.15, 0.2) is 0 Å². The van der Waals surface area contributed by atoms with Gasteiger partial charge in [0.25, 0.3) is 0 Å². The summed E-state index contributed by atoms with van der Waals surface area (Å²) in [4.78, 5) is 4.32. The lowest BCUT2D eigenvalue weighted by Gasteiger charge is -2.10. The van der Waals surface area contributed by atoms with E-state index in [-0.39, 0.29) is 0 Å². The molecule has 0 atom stereocenters. The van der Waals surface area contributed by atoms with Gasteiger partial charge < -0.3 is 15.2 Å². The molecule has 1 aromatic carbocycles. The maximum atomic E-state index is 5.87. The Morgan fingerprint density at radius 2 is 1.90 bits per heavy atom. The van der Waals surface area contributed by atoms with Gasteiger partial charge >= 0.3 is 0 Å². The highest BCUT2D eigenvalue weighted by molar-refractivity contribution is 5.49. The molecule has 0 bridgehead atoms. The van der Waals surface area contributed by atoms with Crippen LogP contribution < -0.4 is 15.2 Å². The van der Waals surface area contributed by atoms with Gasteiger partial charge in [0, 0.05) is 6.07 Å². The number of hydrogen-bond donors (Lipinski definition) is 1. The van der Waals surface area contributed by atoms with Crippen LogP contribution in [0.15, 0.2) is 36.4 Å². The average molecular weight is 270 g/mol. The van der Waals surface area contributed by atoms with Crippen LogP contribution in [0.3, 0.4) is 0 Å². The Labute approximate surface area is 118 Å². The largest absolute Gasteiger partial charge is 0.476 e. The van der Waals surface area contributed by atoms with Crippen molar-refractivity contribution in [3.63, 3.8) is 0 Å². The zero-order chi connectivity index (χ0) is 13.9. The number of hydrogen-bond acceptors (Lipinski definition) is 4. The predicted molar refractivity (Wildman–Crippen MR) is 78.1 cm³/mol. The number of nitrogens with two attached hydrogens (primary N) is 1. The Bertz CT molecular complexity index is 592. The standard InChI is InChI=1S/C16H18N2O2/c1-11-2-6-13(7-3-11)20-15-9-8-14(17)16(18-15)19-10-12-4-5-12/h2-3,6-9,12H,4-5,10,17H2,1H3. The fourth-order valence-corrected chi connectivity index (χ4v) is 1.82. The molecule has 2 N–H and O–H groups in total. The van der Waals surface area contributed by atoms with Crippen molar-refractivity contribution in [2.45, 2.75) is 19.8 Å².